The highest BCUT2D eigenvalue weighted by Crippen LogP contribution is 2.37. The average Bonchev–Trinajstić information content (AvgIpc) is 2.48. The fourth-order valence-corrected chi connectivity index (χ4v) is 3.92. The Labute approximate surface area is 120 Å². The van der Waals surface area contributed by atoms with Crippen molar-refractivity contribution in [3.8, 4) is 0 Å². The van der Waals surface area contributed by atoms with Crippen molar-refractivity contribution in [2.75, 3.05) is 32.9 Å². The minimum Gasteiger partial charge on any atom is -0.481 e. The van der Waals surface area contributed by atoms with Crippen LogP contribution in [0, 0.1) is 5.92 Å². The SMILES string of the molecule is O=C(O)C1CCN(C2CCOC3(CCOCC3)C2)CC1. The van der Waals surface area contributed by atoms with E-state index in [0.29, 0.717) is 6.04 Å². The number of likely N-dealkylation sites (tertiary alicyclic amines) is 1. The van der Waals surface area contributed by atoms with Crippen LogP contribution in [0.25, 0.3) is 0 Å². The fraction of sp³-hybridized carbons (Fsp3) is 0.933. The van der Waals surface area contributed by atoms with E-state index < -0.39 is 5.97 Å². The third kappa shape index (κ3) is 3.00. The Balaban J connectivity index is 1.56. The van der Waals surface area contributed by atoms with Crippen LogP contribution < -0.4 is 0 Å². The molecule has 0 aliphatic carbocycles. The van der Waals surface area contributed by atoms with Gasteiger partial charge >= 0.3 is 5.97 Å². The molecule has 0 aromatic carbocycles. The van der Waals surface area contributed by atoms with Gasteiger partial charge in [0.25, 0.3) is 0 Å². The number of hydrogen-bond acceptors (Lipinski definition) is 4. The van der Waals surface area contributed by atoms with E-state index in [1.807, 2.05) is 0 Å². The Morgan fingerprint density at radius 2 is 1.80 bits per heavy atom. The number of carboxylic acids is 1. The van der Waals surface area contributed by atoms with Gasteiger partial charge in [-0.2, -0.15) is 0 Å². The molecule has 20 heavy (non-hydrogen) atoms. The summed E-state index contributed by atoms with van der Waals surface area (Å²) in [5.74, 6) is -0.763. The quantitative estimate of drug-likeness (QED) is 0.832. The van der Waals surface area contributed by atoms with Crippen molar-refractivity contribution in [2.24, 2.45) is 5.92 Å². The van der Waals surface area contributed by atoms with E-state index in [9.17, 15) is 4.79 Å². The maximum Gasteiger partial charge on any atom is 0.306 e. The van der Waals surface area contributed by atoms with Gasteiger partial charge in [-0.15, -0.1) is 0 Å². The third-order valence-electron chi connectivity index (χ3n) is 5.27. The van der Waals surface area contributed by atoms with Gasteiger partial charge in [0, 0.05) is 25.9 Å². The van der Waals surface area contributed by atoms with E-state index in [4.69, 9.17) is 14.6 Å². The zero-order valence-electron chi connectivity index (χ0n) is 12.1. The number of carbonyl (C=O) groups is 1. The van der Waals surface area contributed by atoms with Crippen LogP contribution in [-0.2, 0) is 14.3 Å². The Kier molecular flexibility index (Phi) is 4.29. The molecule has 0 amide bonds. The number of ether oxygens (including phenoxy) is 2. The summed E-state index contributed by atoms with van der Waals surface area (Å²) in [4.78, 5) is 13.5. The van der Waals surface area contributed by atoms with Gasteiger partial charge in [-0.1, -0.05) is 0 Å². The maximum absolute atomic E-state index is 11.0. The minimum atomic E-state index is -0.627. The number of carboxylic acid groups (broad SMARTS) is 1. The van der Waals surface area contributed by atoms with Gasteiger partial charge in [0.2, 0.25) is 0 Å². The molecule has 3 aliphatic heterocycles. The molecule has 0 aromatic rings. The molecule has 5 heteroatoms. The van der Waals surface area contributed by atoms with Gasteiger partial charge in [0.15, 0.2) is 0 Å². The van der Waals surface area contributed by atoms with Crippen LogP contribution in [0.15, 0.2) is 0 Å². The van der Waals surface area contributed by atoms with Crippen LogP contribution in [-0.4, -0.2) is 60.5 Å². The lowest BCUT2D eigenvalue weighted by Gasteiger charge is -2.47. The van der Waals surface area contributed by atoms with Crippen molar-refractivity contribution < 1.29 is 19.4 Å². The first kappa shape index (κ1) is 14.3. The number of rotatable bonds is 2. The predicted octanol–water partition coefficient (Wildman–Crippen LogP) is 1.51. The van der Waals surface area contributed by atoms with E-state index in [0.717, 1.165) is 71.4 Å². The molecule has 3 saturated heterocycles. The van der Waals surface area contributed by atoms with Crippen molar-refractivity contribution in [2.45, 2.75) is 50.2 Å². The Hall–Kier alpha value is -0.650. The molecule has 1 spiro atoms. The molecule has 3 fully saturated rings. The van der Waals surface area contributed by atoms with Crippen molar-refractivity contribution in [3.63, 3.8) is 0 Å². The highest BCUT2D eigenvalue weighted by Gasteiger charge is 2.41. The van der Waals surface area contributed by atoms with E-state index in [1.54, 1.807) is 0 Å². The van der Waals surface area contributed by atoms with Gasteiger partial charge in [0.05, 0.1) is 11.5 Å². The first-order valence-electron chi connectivity index (χ1n) is 7.87. The molecule has 0 radical (unpaired) electrons. The molecular weight excluding hydrogens is 258 g/mol. The molecule has 114 valence electrons. The molecule has 5 nitrogen and oxygen atoms in total. The smallest absolute Gasteiger partial charge is 0.306 e. The van der Waals surface area contributed by atoms with Crippen molar-refractivity contribution in [1.82, 2.24) is 4.90 Å². The molecule has 0 saturated carbocycles. The van der Waals surface area contributed by atoms with Crippen molar-refractivity contribution >= 4 is 5.97 Å². The van der Waals surface area contributed by atoms with Gasteiger partial charge in [-0.3, -0.25) is 4.79 Å². The van der Waals surface area contributed by atoms with Crippen molar-refractivity contribution in [1.29, 1.82) is 0 Å². The maximum atomic E-state index is 11.0. The average molecular weight is 283 g/mol. The molecule has 3 rings (SSSR count). The summed E-state index contributed by atoms with van der Waals surface area (Å²) in [5.41, 5.74) is 0.0326. The zero-order valence-corrected chi connectivity index (χ0v) is 12.1. The number of nitrogens with zero attached hydrogens (tertiary/aromatic N) is 1. The summed E-state index contributed by atoms with van der Waals surface area (Å²) in [5, 5.41) is 9.08. The molecule has 1 atom stereocenters. The summed E-state index contributed by atoms with van der Waals surface area (Å²) < 4.78 is 11.5. The van der Waals surface area contributed by atoms with Gasteiger partial charge in [-0.05, 0) is 51.6 Å². The summed E-state index contributed by atoms with van der Waals surface area (Å²) in [6, 6.07) is 0.566. The lowest BCUT2D eigenvalue weighted by molar-refractivity contribution is -0.155. The fourth-order valence-electron chi connectivity index (χ4n) is 3.92. The van der Waals surface area contributed by atoms with Gasteiger partial charge < -0.3 is 19.5 Å². The Morgan fingerprint density at radius 3 is 2.45 bits per heavy atom. The largest absolute Gasteiger partial charge is 0.481 e. The molecular formula is C15H25NO4. The summed E-state index contributed by atoms with van der Waals surface area (Å²) in [6.45, 7) is 4.31. The van der Waals surface area contributed by atoms with E-state index >= 15 is 0 Å². The topological polar surface area (TPSA) is 59.0 Å². The predicted molar refractivity (Wildman–Crippen MR) is 73.7 cm³/mol. The van der Waals surface area contributed by atoms with E-state index in [2.05, 4.69) is 4.90 Å². The van der Waals surface area contributed by atoms with E-state index in [1.165, 1.54) is 0 Å². The standard InChI is InChI=1S/C15H25NO4/c17-14(18)12-1-6-16(7-2-12)13-3-8-20-15(11-13)4-9-19-10-5-15/h12-13H,1-11H2,(H,17,18). The van der Waals surface area contributed by atoms with Crippen molar-refractivity contribution in [3.05, 3.63) is 0 Å². The molecule has 0 aromatic heterocycles. The second kappa shape index (κ2) is 6.00. The normalized spacial score (nSPS) is 32.3. The highest BCUT2D eigenvalue weighted by atomic mass is 16.5. The van der Waals surface area contributed by atoms with Crippen LogP contribution in [0.3, 0.4) is 0 Å². The van der Waals surface area contributed by atoms with Crippen LogP contribution in [0.5, 0.6) is 0 Å². The first-order valence-corrected chi connectivity index (χ1v) is 7.87. The molecule has 3 heterocycles. The second-order valence-electron chi connectivity index (χ2n) is 6.44. The van der Waals surface area contributed by atoms with Gasteiger partial charge in [0.1, 0.15) is 0 Å². The summed E-state index contributed by atoms with van der Waals surface area (Å²) in [6.07, 6.45) is 5.78. The number of hydrogen-bond donors (Lipinski definition) is 1. The molecule has 3 aliphatic rings. The number of aliphatic carboxylic acids is 1. The lowest BCUT2D eigenvalue weighted by atomic mass is 9.82. The third-order valence-corrected chi connectivity index (χ3v) is 5.27. The van der Waals surface area contributed by atoms with Gasteiger partial charge in [-0.25, -0.2) is 0 Å². The second-order valence-corrected chi connectivity index (χ2v) is 6.44. The first-order chi connectivity index (χ1) is 9.69. The molecule has 0 bridgehead atoms. The van der Waals surface area contributed by atoms with E-state index in [-0.39, 0.29) is 11.5 Å². The monoisotopic (exact) mass is 283 g/mol. The van der Waals surface area contributed by atoms with Crippen LogP contribution in [0.1, 0.15) is 38.5 Å². The Bertz CT molecular complexity index is 340. The molecule has 1 N–H and O–H groups in total. The van der Waals surface area contributed by atoms with Crippen LogP contribution in [0.4, 0.5) is 0 Å². The van der Waals surface area contributed by atoms with Crippen LogP contribution in [0.2, 0.25) is 0 Å². The summed E-state index contributed by atoms with van der Waals surface area (Å²) >= 11 is 0. The number of piperidine rings is 1. The van der Waals surface area contributed by atoms with Crippen LogP contribution >= 0.6 is 0 Å². The lowest BCUT2D eigenvalue weighted by Crippen LogP contribution is -2.52. The molecule has 1 unspecified atom stereocenters. The minimum absolute atomic E-state index is 0.0326. The zero-order chi connectivity index (χ0) is 14.0. The Morgan fingerprint density at radius 1 is 1.10 bits per heavy atom. The highest BCUT2D eigenvalue weighted by molar-refractivity contribution is 5.70. The summed E-state index contributed by atoms with van der Waals surface area (Å²) in [7, 11) is 0.